The molecule has 0 aliphatic heterocycles. The number of carbonyl (C=O) groups excluding carboxylic acids is 1. The van der Waals surface area contributed by atoms with E-state index in [-0.39, 0.29) is 23.6 Å². The summed E-state index contributed by atoms with van der Waals surface area (Å²) >= 11 is 0. The summed E-state index contributed by atoms with van der Waals surface area (Å²) in [6, 6.07) is 7.63. The van der Waals surface area contributed by atoms with Crippen LogP contribution in [0.15, 0.2) is 41.0 Å². The number of amides is 1. The highest BCUT2D eigenvalue weighted by molar-refractivity contribution is 5.94. The fraction of sp³-hybridized carbons (Fsp3) is 0.188. The Morgan fingerprint density at radius 1 is 1.38 bits per heavy atom. The lowest BCUT2D eigenvalue weighted by Crippen LogP contribution is -2.25. The number of aliphatic hydroxyl groups is 1. The second-order valence-electron chi connectivity index (χ2n) is 4.24. The van der Waals surface area contributed by atoms with Gasteiger partial charge in [-0.05, 0) is 30.3 Å². The Hall–Kier alpha value is -2.58. The van der Waals surface area contributed by atoms with Crippen molar-refractivity contribution in [1.29, 1.82) is 0 Å². The van der Waals surface area contributed by atoms with Gasteiger partial charge in [-0.15, -0.1) is 0 Å². The Bertz CT molecular complexity index is 669. The van der Waals surface area contributed by atoms with E-state index in [1.54, 1.807) is 12.3 Å². The summed E-state index contributed by atoms with van der Waals surface area (Å²) in [5.74, 6) is 4.66. The molecule has 0 unspecified atom stereocenters. The van der Waals surface area contributed by atoms with Gasteiger partial charge in [0.15, 0.2) is 0 Å². The van der Waals surface area contributed by atoms with Crippen molar-refractivity contribution in [2.45, 2.75) is 6.42 Å². The molecule has 1 aromatic heterocycles. The molecule has 0 bridgehead atoms. The predicted octanol–water partition coefficient (Wildman–Crippen LogP) is 1.73. The minimum atomic E-state index is -0.588. The molecule has 108 valence electrons. The largest absolute Gasteiger partial charge is 0.469 e. The Balaban J connectivity index is 1.94. The molecular weight excluding hydrogens is 273 g/mol. The van der Waals surface area contributed by atoms with Crippen LogP contribution >= 0.6 is 0 Å². The lowest BCUT2D eigenvalue weighted by molar-refractivity contribution is 0.0953. The van der Waals surface area contributed by atoms with Gasteiger partial charge in [-0.3, -0.25) is 4.79 Å². The van der Waals surface area contributed by atoms with E-state index in [1.165, 1.54) is 12.1 Å². The third-order valence-corrected chi connectivity index (χ3v) is 2.77. The van der Waals surface area contributed by atoms with Crippen molar-refractivity contribution in [3.8, 4) is 11.8 Å². The molecule has 0 aliphatic rings. The number of carbonyl (C=O) groups is 1. The maximum Gasteiger partial charge on any atom is 0.251 e. The molecule has 0 atom stereocenters. The normalized spacial score (nSPS) is 9.81. The molecule has 5 heteroatoms. The Labute approximate surface area is 121 Å². The SMILES string of the molecule is O=C(NCCc1ccco1)c1ccc(C#CCO)c(F)c1. The zero-order valence-electron chi connectivity index (χ0n) is 11.2. The van der Waals surface area contributed by atoms with E-state index < -0.39 is 5.82 Å². The molecule has 2 rings (SSSR count). The van der Waals surface area contributed by atoms with E-state index in [2.05, 4.69) is 17.2 Å². The van der Waals surface area contributed by atoms with Crippen LogP contribution in [0.1, 0.15) is 21.7 Å². The molecule has 1 amide bonds. The van der Waals surface area contributed by atoms with Crippen molar-refractivity contribution in [3.63, 3.8) is 0 Å². The number of aliphatic hydroxyl groups excluding tert-OH is 1. The van der Waals surface area contributed by atoms with E-state index in [4.69, 9.17) is 9.52 Å². The highest BCUT2D eigenvalue weighted by Gasteiger charge is 2.08. The van der Waals surface area contributed by atoms with Gasteiger partial charge in [0.1, 0.15) is 18.2 Å². The number of hydrogen-bond acceptors (Lipinski definition) is 3. The molecule has 0 aliphatic carbocycles. The number of halogens is 1. The van der Waals surface area contributed by atoms with Crippen molar-refractivity contribution < 1.29 is 18.7 Å². The molecule has 0 spiro atoms. The van der Waals surface area contributed by atoms with Crippen molar-refractivity contribution in [2.75, 3.05) is 13.2 Å². The van der Waals surface area contributed by atoms with Crippen LogP contribution in [0.3, 0.4) is 0 Å². The second-order valence-corrected chi connectivity index (χ2v) is 4.24. The lowest BCUT2D eigenvalue weighted by Gasteiger charge is -2.05. The van der Waals surface area contributed by atoms with Crippen LogP contribution in [0.4, 0.5) is 4.39 Å². The fourth-order valence-corrected chi connectivity index (χ4v) is 1.75. The first-order chi connectivity index (χ1) is 10.2. The van der Waals surface area contributed by atoms with Crippen LogP contribution in [-0.4, -0.2) is 24.2 Å². The number of nitrogens with one attached hydrogen (secondary N) is 1. The van der Waals surface area contributed by atoms with Crippen LogP contribution in [0.2, 0.25) is 0 Å². The fourth-order valence-electron chi connectivity index (χ4n) is 1.75. The predicted molar refractivity (Wildman–Crippen MR) is 75.1 cm³/mol. The summed E-state index contributed by atoms with van der Waals surface area (Å²) in [6.45, 7) is 0.0640. The maximum absolute atomic E-state index is 13.7. The maximum atomic E-state index is 13.7. The molecule has 2 aromatic rings. The van der Waals surface area contributed by atoms with E-state index >= 15 is 0 Å². The monoisotopic (exact) mass is 287 g/mol. The van der Waals surface area contributed by atoms with E-state index in [1.807, 2.05) is 6.07 Å². The molecule has 0 radical (unpaired) electrons. The molecule has 21 heavy (non-hydrogen) atoms. The molecule has 0 saturated heterocycles. The quantitative estimate of drug-likeness (QED) is 0.842. The molecule has 4 nitrogen and oxygen atoms in total. The Kier molecular flexibility index (Phi) is 5.13. The summed E-state index contributed by atoms with van der Waals surface area (Å²) < 4.78 is 18.8. The van der Waals surface area contributed by atoms with Crippen LogP contribution in [0.25, 0.3) is 0 Å². The average Bonchev–Trinajstić information content (AvgIpc) is 2.99. The van der Waals surface area contributed by atoms with Crippen molar-refractivity contribution >= 4 is 5.91 Å². The standard InChI is InChI=1S/C16H14FNO3/c17-15-11-13(6-5-12(15)3-1-9-19)16(20)18-8-7-14-4-2-10-21-14/h2,4-6,10-11,19H,7-9H2,(H,18,20). The lowest BCUT2D eigenvalue weighted by atomic mass is 10.1. The first-order valence-electron chi connectivity index (χ1n) is 6.40. The van der Waals surface area contributed by atoms with Gasteiger partial charge < -0.3 is 14.8 Å². The number of rotatable bonds is 4. The second kappa shape index (κ2) is 7.27. The van der Waals surface area contributed by atoms with Crippen LogP contribution < -0.4 is 5.32 Å². The van der Waals surface area contributed by atoms with Gasteiger partial charge in [-0.1, -0.05) is 11.8 Å². The first kappa shape index (κ1) is 14.8. The Morgan fingerprint density at radius 3 is 2.90 bits per heavy atom. The number of benzene rings is 1. The van der Waals surface area contributed by atoms with Gasteiger partial charge in [0, 0.05) is 18.5 Å². The smallest absolute Gasteiger partial charge is 0.251 e. The summed E-state index contributed by atoms with van der Waals surface area (Å²) in [4.78, 5) is 11.9. The Morgan fingerprint density at radius 2 is 2.24 bits per heavy atom. The summed E-state index contributed by atoms with van der Waals surface area (Å²) in [5, 5.41) is 11.3. The molecule has 1 aromatic carbocycles. The van der Waals surface area contributed by atoms with Crippen molar-refractivity contribution in [3.05, 3.63) is 59.3 Å². The van der Waals surface area contributed by atoms with Crippen molar-refractivity contribution in [2.24, 2.45) is 0 Å². The van der Waals surface area contributed by atoms with Crippen LogP contribution in [0.5, 0.6) is 0 Å². The van der Waals surface area contributed by atoms with Crippen LogP contribution in [0, 0.1) is 17.7 Å². The molecular formula is C16H14FNO3. The number of hydrogen-bond donors (Lipinski definition) is 2. The van der Waals surface area contributed by atoms with Crippen LogP contribution in [-0.2, 0) is 6.42 Å². The minimum Gasteiger partial charge on any atom is -0.469 e. The highest BCUT2D eigenvalue weighted by atomic mass is 19.1. The van der Waals surface area contributed by atoms with E-state index in [9.17, 15) is 9.18 Å². The van der Waals surface area contributed by atoms with Gasteiger partial charge in [-0.2, -0.15) is 0 Å². The average molecular weight is 287 g/mol. The van der Waals surface area contributed by atoms with Gasteiger partial charge in [-0.25, -0.2) is 4.39 Å². The first-order valence-corrected chi connectivity index (χ1v) is 6.40. The summed E-state index contributed by atoms with van der Waals surface area (Å²) in [6.07, 6.45) is 2.14. The zero-order chi connectivity index (χ0) is 15.1. The van der Waals surface area contributed by atoms with Gasteiger partial charge >= 0.3 is 0 Å². The molecule has 2 N–H and O–H groups in total. The molecule has 0 saturated carbocycles. The minimum absolute atomic E-state index is 0.149. The summed E-state index contributed by atoms with van der Waals surface area (Å²) in [7, 11) is 0. The van der Waals surface area contributed by atoms with E-state index in [0.29, 0.717) is 13.0 Å². The van der Waals surface area contributed by atoms with Crippen molar-refractivity contribution in [1.82, 2.24) is 5.32 Å². The zero-order valence-corrected chi connectivity index (χ0v) is 11.2. The van der Waals surface area contributed by atoms with E-state index in [0.717, 1.165) is 11.8 Å². The third kappa shape index (κ3) is 4.20. The highest BCUT2D eigenvalue weighted by Crippen LogP contribution is 2.09. The third-order valence-electron chi connectivity index (χ3n) is 2.77. The van der Waals surface area contributed by atoms with Gasteiger partial charge in [0.25, 0.3) is 5.91 Å². The topological polar surface area (TPSA) is 62.5 Å². The van der Waals surface area contributed by atoms with Gasteiger partial charge in [0.05, 0.1) is 11.8 Å². The molecule has 1 heterocycles. The van der Waals surface area contributed by atoms with Gasteiger partial charge in [0.2, 0.25) is 0 Å². The summed E-state index contributed by atoms with van der Waals surface area (Å²) in [5.41, 5.74) is 0.373. The molecule has 0 fully saturated rings. The number of furan rings is 1.